The van der Waals surface area contributed by atoms with Gasteiger partial charge in [-0.1, -0.05) is 12.8 Å². The Balaban J connectivity index is 1.94. The predicted octanol–water partition coefficient (Wildman–Crippen LogP) is 3.11. The van der Waals surface area contributed by atoms with Crippen molar-refractivity contribution in [1.82, 2.24) is 4.90 Å². The van der Waals surface area contributed by atoms with Gasteiger partial charge >= 0.3 is 0 Å². The summed E-state index contributed by atoms with van der Waals surface area (Å²) in [6, 6.07) is 0. The highest BCUT2D eigenvalue weighted by molar-refractivity contribution is 7.98. The number of rotatable bonds is 5. The van der Waals surface area contributed by atoms with Crippen molar-refractivity contribution in [2.24, 2.45) is 11.1 Å². The molecular formula is C15H30N2S. The Kier molecular flexibility index (Phi) is 5.01. The Labute approximate surface area is 117 Å². The molecule has 0 radical (unpaired) electrons. The quantitative estimate of drug-likeness (QED) is 0.832. The van der Waals surface area contributed by atoms with E-state index in [0.717, 1.165) is 12.0 Å². The summed E-state index contributed by atoms with van der Waals surface area (Å²) in [5.74, 6) is 1.23. The molecule has 106 valence electrons. The third-order valence-electron chi connectivity index (χ3n) is 5.73. The lowest BCUT2D eigenvalue weighted by molar-refractivity contribution is 0.0345. The molecule has 2 fully saturated rings. The maximum absolute atomic E-state index is 6.15. The smallest absolute Gasteiger partial charge is 0.0329 e. The fourth-order valence-electron chi connectivity index (χ4n) is 4.08. The van der Waals surface area contributed by atoms with Crippen LogP contribution in [0.1, 0.15) is 51.4 Å². The molecule has 0 unspecified atom stereocenters. The summed E-state index contributed by atoms with van der Waals surface area (Å²) >= 11 is 1.94. The van der Waals surface area contributed by atoms with Crippen LogP contribution in [0.5, 0.6) is 0 Å². The molecule has 2 aliphatic carbocycles. The predicted molar refractivity (Wildman–Crippen MR) is 82.2 cm³/mol. The summed E-state index contributed by atoms with van der Waals surface area (Å²) in [7, 11) is 2.29. The minimum absolute atomic E-state index is 0.309. The van der Waals surface area contributed by atoms with Crippen LogP contribution in [0.2, 0.25) is 0 Å². The van der Waals surface area contributed by atoms with E-state index >= 15 is 0 Å². The first-order chi connectivity index (χ1) is 8.66. The molecule has 2 aliphatic rings. The Morgan fingerprint density at radius 3 is 2.17 bits per heavy atom. The standard InChI is InChI=1S/C15H30N2S/c1-17(11-12-18-2)15(13-16)9-7-14(8-10-15)5-3-4-6-14/h3-13,16H2,1-2H3. The number of nitrogens with two attached hydrogens (primary N) is 1. The van der Waals surface area contributed by atoms with Crippen LogP contribution in [0.25, 0.3) is 0 Å². The highest BCUT2D eigenvalue weighted by Crippen LogP contribution is 2.52. The summed E-state index contributed by atoms with van der Waals surface area (Å²) in [6.07, 6.45) is 13.6. The van der Waals surface area contributed by atoms with E-state index in [0.29, 0.717) is 5.54 Å². The zero-order valence-corrected chi connectivity index (χ0v) is 13.0. The largest absolute Gasteiger partial charge is 0.329 e. The molecule has 0 saturated heterocycles. The Hall–Kier alpha value is 0.270. The second kappa shape index (κ2) is 6.15. The molecular weight excluding hydrogens is 240 g/mol. The Morgan fingerprint density at radius 2 is 1.67 bits per heavy atom. The molecule has 1 spiro atoms. The zero-order valence-electron chi connectivity index (χ0n) is 12.2. The van der Waals surface area contributed by atoms with Crippen molar-refractivity contribution in [3.8, 4) is 0 Å². The van der Waals surface area contributed by atoms with Gasteiger partial charge in [0.15, 0.2) is 0 Å². The molecule has 2 rings (SSSR count). The van der Waals surface area contributed by atoms with E-state index in [1.165, 1.54) is 63.7 Å². The van der Waals surface area contributed by atoms with Crippen LogP contribution >= 0.6 is 11.8 Å². The number of likely N-dealkylation sites (N-methyl/N-ethyl adjacent to an activating group) is 1. The summed E-state index contributed by atoms with van der Waals surface area (Å²) < 4.78 is 0. The van der Waals surface area contributed by atoms with Crippen LogP contribution in [0, 0.1) is 5.41 Å². The Morgan fingerprint density at radius 1 is 1.06 bits per heavy atom. The molecule has 2 saturated carbocycles. The van der Waals surface area contributed by atoms with Crippen LogP contribution in [0.3, 0.4) is 0 Å². The highest BCUT2D eigenvalue weighted by atomic mass is 32.2. The lowest BCUT2D eigenvalue weighted by Crippen LogP contribution is -2.55. The van der Waals surface area contributed by atoms with E-state index in [1.807, 2.05) is 11.8 Å². The van der Waals surface area contributed by atoms with Crippen molar-refractivity contribution in [2.75, 3.05) is 32.1 Å². The van der Waals surface area contributed by atoms with Gasteiger partial charge in [0.05, 0.1) is 0 Å². The van der Waals surface area contributed by atoms with Gasteiger partial charge in [0, 0.05) is 24.4 Å². The Bertz CT molecular complexity index is 251. The van der Waals surface area contributed by atoms with Gasteiger partial charge in [0.1, 0.15) is 0 Å². The lowest BCUT2D eigenvalue weighted by Gasteiger charge is -2.49. The summed E-state index contributed by atoms with van der Waals surface area (Å²) in [5, 5.41) is 0. The maximum Gasteiger partial charge on any atom is 0.0329 e. The minimum Gasteiger partial charge on any atom is -0.329 e. The number of hydrogen-bond acceptors (Lipinski definition) is 3. The molecule has 0 amide bonds. The van der Waals surface area contributed by atoms with Crippen molar-refractivity contribution < 1.29 is 0 Å². The van der Waals surface area contributed by atoms with Crippen LogP contribution < -0.4 is 5.73 Å². The van der Waals surface area contributed by atoms with Crippen LogP contribution in [0.4, 0.5) is 0 Å². The molecule has 0 aromatic carbocycles. The minimum atomic E-state index is 0.309. The van der Waals surface area contributed by atoms with Crippen molar-refractivity contribution in [1.29, 1.82) is 0 Å². The van der Waals surface area contributed by atoms with Crippen molar-refractivity contribution in [3.05, 3.63) is 0 Å². The van der Waals surface area contributed by atoms with Gasteiger partial charge in [-0.25, -0.2) is 0 Å². The van der Waals surface area contributed by atoms with Crippen LogP contribution in [-0.2, 0) is 0 Å². The highest BCUT2D eigenvalue weighted by Gasteiger charge is 2.44. The van der Waals surface area contributed by atoms with E-state index in [9.17, 15) is 0 Å². The molecule has 3 heteroatoms. The van der Waals surface area contributed by atoms with Gasteiger partial charge < -0.3 is 5.73 Å². The lowest BCUT2D eigenvalue weighted by atomic mass is 9.66. The maximum atomic E-state index is 6.15. The fourth-order valence-corrected chi connectivity index (χ4v) is 4.53. The van der Waals surface area contributed by atoms with E-state index < -0.39 is 0 Å². The molecule has 18 heavy (non-hydrogen) atoms. The number of thioether (sulfide) groups is 1. The topological polar surface area (TPSA) is 29.3 Å². The van der Waals surface area contributed by atoms with Gasteiger partial charge in [-0.3, -0.25) is 4.90 Å². The molecule has 0 bridgehead atoms. The third-order valence-corrected chi connectivity index (χ3v) is 6.32. The van der Waals surface area contributed by atoms with Gasteiger partial charge in [-0.2, -0.15) is 11.8 Å². The van der Waals surface area contributed by atoms with Gasteiger partial charge in [0.25, 0.3) is 0 Å². The van der Waals surface area contributed by atoms with Crippen molar-refractivity contribution in [2.45, 2.75) is 56.9 Å². The SMILES string of the molecule is CSCCN(C)C1(CN)CCC2(CCCC2)CC1. The first-order valence-electron chi connectivity index (χ1n) is 7.57. The second-order valence-electron chi connectivity index (χ2n) is 6.55. The average Bonchev–Trinajstić information content (AvgIpc) is 2.86. The fraction of sp³-hybridized carbons (Fsp3) is 1.00. The van der Waals surface area contributed by atoms with E-state index in [2.05, 4.69) is 18.2 Å². The van der Waals surface area contributed by atoms with E-state index in [4.69, 9.17) is 5.73 Å². The third kappa shape index (κ3) is 2.88. The van der Waals surface area contributed by atoms with Crippen molar-refractivity contribution in [3.63, 3.8) is 0 Å². The average molecular weight is 270 g/mol. The molecule has 0 aromatic heterocycles. The monoisotopic (exact) mass is 270 g/mol. The van der Waals surface area contributed by atoms with Crippen LogP contribution in [-0.4, -0.2) is 42.6 Å². The molecule has 2 N–H and O–H groups in total. The molecule has 0 heterocycles. The van der Waals surface area contributed by atoms with E-state index in [1.54, 1.807) is 0 Å². The number of nitrogens with zero attached hydrogens (tertiary/aromatic N) is 1. The second-order valence-corrected chi connectivity index (χ2v) is 7.54. The molecule has 0 aromatic rings. The molecule has 2 nitrogen and oxygen atoms in total. The first kappa shape index (κ1) is 14.7. The molecule has 0 atom stereocenters. The number of hydrogen-bond donors (Lipinski definition) is 1. The van der Waals surface area contributed by atoms with Crippen molar-refractivity contribution >= 4 is 11.8 Å². The van der Waals surface area contributed by atoms with E-state index in [-0.39, 0.29) is 0 Å². The summed E-state index contributed by atoms with van der Waals surface area (Å²) in [5.41, 5.74) is 7.18. The van der Waals surface area contributed by atoms with Crippen LogP contribution in [0.15, 0.2) is 0 Å². The zero-order chi connectivity index (χ0) is 13.1. The summed E-state index contributed by atoms with van der Waals surface area (Å²) in [6.45, 7) is 2.03. The van der Waals surface area contributed by atoms with Gasteiger partial charge in [-0.05, 0) is 57.2 Å². The van der Waals surface area contributed by atoms with Gasteiger partial charge in [0.2, 0.25) is 0 Å². The first-order valence-corrected chi connectivity index (χ1v) is 8.96. The van der Waals surface area contributed by atoms with Gasteiger partial charge in [-0.15, -0.1) is 0 Å². The summed E-state index contributed by atoms with van der Waals surface area (Å²) in [4.78, 5) is 2.56. The molecule has 0 aliphatic heterocycles. The normalized spacial score (nSPS) is 26.0.